The minimum Gasteiger partial charge on any atom is -0.492 e. The molecule has 0 spiro atoms. The van der Waals surface area contributed by atoms with Gasteiger partial charge in [0.05, 0.1) is 17.9 Å². The number of aromatic nitrogens is 2. The van der Waals surface area contributed by atoms with Gasteiger partial charge >= 0.3 is 0 Å². The topological polar surface area (TPSA) is 102 Å². The predicted octanol–water partition coefficient (Wildman–Crippen LogP) is 4.07. The maximum absolute atomic E-state index is 13.4. The van der Waals surface area contributed by atoms with Gasteiger partial charge in [-0.3, -0.25) is 4.99 Å². The summed E-state index contributed by atoms with van der Waals surface area (Å²) in [5.41, 5.74) is 14.3. The van der Waals surface area contributed by atoms with E-state index < -0.39 is 0 Å². The molecular weight excluding hydrogens is 381 g/mol. The molecule has 0 aliphatic rings. The number of hydrogen-bond acceptors (Lipinski definition) is 4. The van der Waals surface area contributed by atoms with Crippen LogP contribution < -0.4 is 16.2 Å². The summed E-state index contributed by atoms with van der Waals surface area (Å²) in [5.74, 6) is 1.46. The second-order valence-corrected chi connectivity index (χ2v) is 7.11. The minimum absolute atomic E-state index is 0.0144. The number of nitrogens with zero attached hydrogens (tertiary/aromatic N) is 2. The van der Waals surface area contributed by atoms with Gasteiger partial charge in [-0.05, 0) is 73.5 Å². The first-order valence-electron chi connectivity index (χ1n) is 9.71. The van der Waals surface area contributed by atoms with Crippen LogP contribution in [0.25, 0.3) is 17.3 Å². The van der Waals surface area contributed by atoms with Crippen molar-refractivity contribution < 1.29 is 9.13 Å². The van der Waals surface area contributed by atoms with E-state index in [2.05, 4.69) is 15.0 Å². The molecule has 0 amide bonds. The Bertz CT molecular complexity index is 1020. The molecule has 2 aromatic carbocycles. The first-order valence-corrected chi connectivity index (χ1v) is 9.71. The number of aliphatic imine (C=N–C) groups is 1. The third-order valence-electron chi connectivity index (χ3n) is 4.36. The molecule has 2 atom stereocenters. The van der Waals surface area contributed by atoms with Crippen LogP contribution in [0.1, 0.15) is 31.3 Å². The average Bonchev–Trinajstić information content (AvgIpc) is 3.20. The van der Waals surface area contributed by atoms with Gasteiger partial charge in [0.2, 0.25) is 0 Å². The zero-order valence-corrected chi connectivity index (χ0v) is 17.0. The van der Waals surface area contributed by atoms with Crippen LogP contribution in [0.15, 0.2) is 65.8 Å². The Hall–Kier alpha value is -3.45. The molecule has 0 fully saturated rings. The fourth-order valence-electron chi connectivity index (χ4n) is 2.80. The molecule has 7 heteroatoms. The number of halogens is 1. The lowest BCUT2D eigenvalue weighted by atomic mass is 10.1. The van der Waals surface area contributed by atoms with Gasteiger partial charge in [0.25, 0.3) is 0 Å². The highest BCUT2D eigenvalue weighted by Gasteiger charge is 2.06. The summed E-state index contributed by atoms with van der Waals surface area (Å²) in [6.45, 7) is 4.23. The third kappa shape index (κ3) is 6.02. The number of rotatable bonds is 8. The lowest BCUT2D eigenvalue weighted by molar-refractivity contribution is 0.296. The second kappa shape index (κ2) is 9.84. The van der Waals surface area contributed by atoms with Crippen LogP contribution in [-0.2, 0) is 0 Å². The quantitative estimate of drug-likeness (QED) is 0.387. The van der Waals surface area contributed by atoms with E-state index in [-0.39, 0.29) is 17.9 Å². The molecule has 0 radical (unpaired) electrons. The van der Waals surface area contributed by atoms with Crippen molar-refractivity contribution in [1.29, 1.82) is 0 Å². The fourth-order valence-corrected chi connectivity index (χ4v) is 2.80. The number of H-pyrrole nitrogens is 1. The summed E-state index contributed by atoms with van der Waals surface area (Å²) in [4.78, 5) is 12.0. The first kappa shape index (κ1) is 21.3. The molecule has 2 unspecified atom stereocenters. The van der Waals surface area contributed by atoms with Crippen LogP contribution in [0.5, 0.6) is 5.75 Å². The van der Waals surface area contributed by atoms with Gasteiger partial charge in [-0.15, -0.1) is 0 Å². The minimum atomic E-state index is -0.291. The van der Waals surface area contributed by atoms with Crippen molar-refractivity contribution >= 4 is 11.9 Å². The molecular formula is C23H26FN5O. The number of nitrogens with two attached hydrogens (primary N) is 2. The van der Waals surface area contributed by atoms with Crippen LogP contribution in [0.4, 0.5) is 4.39 Å². The van der Waals surface area contributed by atoms with Gasteiger partial charge in [0.1, 0.15) is 29.8 Å². The molecule has 156 valence electrons. The molecule has 1 heterocycles. The Balaban J connectivity index is 1.63. The van der Waals surface area contributed by atoms with E-state index in [0.717, 1.165) is 22.6 Å². The van der Waals surface area contributed by atoms with E-state index in [4.69, 9.17) is 16.2 Å². The molecule has 0 aliphatic heterocycles. The van der Waals surface area contributed by atoms with E-state index in [1.54, 1.807) is 24.4 Å². The summed E-state index contributed by atoms with van der Waals surface area (Å²) in [6, 6.07) is 13.8. The summed E-state index contributed by atoms with van der Waals surface area (Å²) in [5, 5.41) is 0. The van der Waals surface area contributed by atoms with Crippen molar-refractivity contribution in [2.24, 2.45) is 16.5 Å². The summed E-state index contributed by atoms with van der Waals surface area (Å²) < 4.78 is 18.9. The van der Waals surface area contributed by atoms with Crippen LogP contribution in [-0.4, -0.2) is 28.5 Å². The van der Waals surface area contributed by atoms with Gasteiger partial charge < -0.3 is 21.2 Å². The van der Waals surface area contributed by atoms with Crippen LogP contribution in [0, 0.1) is 5.82 Å². The van der Waals surface area contributed by atoms with Crippen LogP contribution in [0.2, 0.25) is 0 Å². The largest absolute Gasteiger partial charge is 0.492 e. The highest BCUT2D eigenvalue weighted by atomic mass is 19.1. The molecule has 3 rings (SSSR count). The Morgan fingerprint density at radius 2 is 2.00 bits per heavy atom. The number of amidine groups is 1. The maximum atomic E-state index is 13.4. The van der Waals surface area contributed by atoms with Crippen molar-refractivity contribution in [3.05, 3.63) is 78.0 Å². The highest BCUT2D eigenvalue weighted by molar-refractivity contribution is 5.94. The Morgan fingerprint density at radius 1 is 1.23 bits per heavy atom. The molecule has 30 heavy (non-hydrogen) atoms. The lowest BCUT2D eigenvalue weighted by Gasteiger charge is -2.08. The van der Waals surface area contributed by atoms with Crippen LogP contribution in [0.3, 0.4) is 0 Å². The highest BCUT2D eigenvalue weighted by Crippen LogP contribution is 2.21. The van der Waals surface area contributed by atoms with E-state index >= 15 is 0 Å². The average molecular weight is 407 g/mol. The SMILES string of the molecule is CC(N)COc1ccc(-c2cnc(/C=C\C(N)=NC(C)c3cccc(F)c3)[nH]2)cc1. The van der Waals surface area contributed by atoms with Crippen molar-refractivity contribution in [2.45, 2.75) is 25.9 Å². The molecule has 0 saturated heterocycles. The molecule has 1 aromatic heterocycles. The van der Waals surface area contributed by atoms with Crippen molar-refractivity contribution in [3.8, 4) is 17.0 Å². The van der Waals surface area contributed by atoms with E-state index in [1.165, 1.54) is 12.1 Å². The predicted molar refractivity (Wildman–Crippen MR) is 119 cm³/mol. The Kier molecular flexibility index (Phi) is 6.98. The Morgan fingerprint density at radius 3 is 2.70 bits per heavy atom. The number of benzene rings is 2. The van der Waals surface area contributed by atoms with Gasteiger partial charge in [-0.25, -0.2) is 9.37 Å². The van der Waals surface area contributed by atoms with Crippen LogP contribution >= 0.6 is 0 Å². The van der Waals surface area contributed by atoms with Gasteiger partial charge in [-0.1, -0.05) is 12.1 Å². The first-order chi connectivity index (χ1) is 14.4. The normalized spacial score (nSPS) is 14.1. The summed E-state index contributed by atoms with van der Waals surface area (Å²) >= 11 is 0. The molecule has 0 aliphatic carbocycles. The molecule has 5 N–H and O–H groups in total. The molecule has 0 saturated carbocycles. The van der Waals surface area contributed by atoms with Gasteiger partial charge in [0, 0.05) is 6.04 Å². The van der Waals surface area contributed by atoms with Crippen molar-refractivity contribution in [1.82, 2.24) is 9.97 Å². The number of imidazole rings is 1. The number of nitrogens with one attached hydrogen (secondary N) is 1. The van der Waals surface area contributed by atoms with E-state index in [1.807, 2.05) is 44.2 Å². The molecule has 3 aromatic rings. The lowest BCUT2D eigenvalue weighted by Crippen LogP contribution is -2.23. The smallest absolute Gasteiger partial charge is 0.130 e. The van der Waals surface area contributed by atoms with Crippen molar-refractivity contribution in [3.63, 3.8) is 0 Å². The monoisotopic (exact) mass is 407 g/mol. The standard InChI is InChI=1S/C23H26FN5O/c1-15(25)14-30-20-8-6-17(7-9-20)21-13-27-23(29-21)11-10-22(26)28-16(2)18-4-3-5-19(24)12-18/h3-13,15-16H,14,25H2,1-2H3,(H2,26,28)(H,27,29)/b11-10-. The zero-order valence-electron chi connectivity index (χ0n) is 17.0. The zero-order chi connectivity index (χ0) is 21.5. The number of ether oxygens (including phenoxy) is 1. The third-order valence-corrected chi connectivity index (χ3v) is 4.36. The number of aromatic amines is 1. The van der Waals surface area contributed by atoms with E-state index in [0.29, 0.717) is 18.3 Å². The van der Waals surface area contributed by atoms with Crippen molar-refractivity contribution in [2.75, 3.05) is 6.61 Å². The fraction of sp³-hybridized carbons (Fsp3) is 0.217. The maximum Gasteiger partial charge on any atom is 0.130 e. The summed E-state index contributed by atoms with van der Waals surface area (Å²) in [6.07, 6.45) is 5.17. The van der Waals surface area contributed by atoms with E-state index in [9.17, 15) is 4.39 Å². The Labute approximate surface area is 175 Å². The van der Waals surface area contributed by atoms with Gasteiger partial charge in [-0.2, -0.15) is 0 Å². The summed E-state index contributed by atoms with van der Waals surface area (Å²) in [7, 11) is 0. The van der Waals surface area contributed by atoms with Gasteiger partial charge in [0.15, 0.2) is 0 Å². The number of hydrogen-bond donors (Lipinski definition) is 3. The molecule has 6 nitrogen and oxygen atoms in total. The second-order valence-electron chi connectivity index (χ2n) is 7.11. The molecule has 0 bridgehead atoms.